The van der Waals surface area contributed by atoms with Crippen molar-refractivity contribution in [2.45, 2.75) is 105 Å². The lowest BCUT2D eigenvalue weighted by atomic mass is 9.36. The number of hydrogen-bond donors (Lipinski definition) is 2. The van der Waals surface area contributed by atoms with Crippen LogP contribution >= 0.6 is 0 Å². The number of fused-ring (bicyclic) bond motifs is 5. The van der Waals surface area contributed by atoms with Gasteiger partial charge in [-0.15, -0.1) is 6.58 Å². The SMILES string of the molecule is C=C[C@@]12C[C@H](OC(C)=O)CC[C@]1(C)C1CC[C@@]3(C)C(CC[C@@H]3[C@H](C)CC(=O)O)[C@@H]1C(O)[C@@H]2CC. The number of ether oxygens (including phenoxy) is 1. The molecule has 4 fully saturated rings. The number of carboxylic acids is 1. The molecule has 5 heteroatoms. The van der Waals surface area contributed by atoms with Crippen LogP contribution in [-0.2, 0) is 14.3 Å². The average molecular weight is 475 g/mol. The largest absolute Gasteiger partial charge is 0.481 e. The van der Waals surface area contributed by atoms with E-state index in [0.717, 1.165) is 51.4 Å². The van der Waals surface area contributed by atoms with Crippen LogP contribution in [0.25, 0.3) is 0 Å². The van der Waals surface area contributed by atoms with Crippen LogP contribution < -0.4 is 0 Å². The molecule has 0 amide bonds. The molecule has 0 aromatic rings. The summed E-state index contributed by atoms with van der Waals surface area (Å²) < 4.78 is 5.72. The summed E-state index contributed by atoms with van der Waals surface area (Å²) in [6.45, 7) is 14.9. The summed E-state index contributed by atoms with van der Waals surface area (Å²) in [4.78, 5) is 23.2. The van der Waals surface area contributed by atoms with E-state index in [9.17, 15) is 19.8 Å². The van der Waals surface area contributed by atoms with Crippen LogP contribution in [0.15, 0.2) is 12.7 Å². The molecule has 2 N–H and O–H groups in total. The predicted octanol–water partition coefficient (Wildman–Crippen LogP) is 5.85. The predicted molar refractivity (Wildman–Crippen MR) is 132 cm³/mol. The Morgan fingerprint density at radius 2 is 1.85 bits per heavy atom. The number of aliphatic carboxylic acids is 1. The van der Waals surface area contributed by atoms with Crippen LogP contribution in [0.2, 0.25) is 0 Å². The van der Waals surface area contributed by atoms with Crippen LogP contribution in [0.1, 0.15) is 92.4 Å². The number of carboxylic acid groups (broad SMARTS) is 1. The van der Waals surface area contributed by atoms with Gasteiger partial charge in [-0.05, 0) is 97.7 Å². The Balaban J connectivity index is 1.70. The molecule has 4 aliphatic rings. The zero-order valence-corrected chi connectivity index (χ0v) is 21.9. The van der Waals surface area contributed by atoms with Gasteiger partial charge in [0.2, 0.25) is 0 Å². The van der Waals surface area contributed by atoms with Gasteiger partial charge in [-0.2, -0.15) is 0 Å². The topological polar surface area (TPSA) is 83.8 Å². The first kappa shape index (κ1) is 25.7. The van der Waals surface area contributed by atoms with Gasteiger partial charge in [0.25, 0.3) is 0 Å². The number of allylic oxidation sites excluding steroid dienone is 1. The quantitative estimate of drug-likeness (QED) is 0.373. The molecule has 3 unspecified atom stereocenters. The Labute approximate surface area is 205 Å². The van der Waals surface area contributed by atoms with Gasteiger partial charge in [-0.1, -0.05) is 33.8 Å². The molecule has 0 saturated heterocycles. The molecule has 4 aliphatic carbocycles. The average Bonchev–Trinajstić information content (AvgIpc) is 3.11. The van der Waals surface area contributed by atoms with E-state index < -0.39 is 12.1 Å². The van der Waals surface area contributed by atoms with Gasteiger partial charge in [0, 0.05) is 18.8 Å². The molecule has 4 saturated carbocycles. The summed E-state index contributed by atoms with van der Waals surface area (Å²) in [5.41, 5.74) is -0.139. The highest BCUT2D eigenvalue weighted by molar-refractivity contribution is 5.67. The maximum atomic E-state index is 12.1. The third kappa shape index (κ3) is 3.59. The summed E-state index contributed by atoms with van der Waals surface area (Å²) >= 11 is 0. The molecule has 34 heavy (non-hydrogen) atoms. The first-order valence-electron chi connectivity index (χ1n) is 13.7. The lowest BCUT2D eigenvalue weighted by Gasteiger charge is -2.69. The van der Waals surface area contributed by atoms with E-state index in [1.165, 1.54) is 6.92 Å². The number of rotatable bonds is 6. The smallest absolute Gasteiger partial charge is 0.303 e. The van der Waals surface area contributed by atoms with E-state index in [1.54, 1.807) is 0 Å². The molecule has 192 valence electrons. The Bertz CT molecular complexity index is 823. The Morgan fingerprint density at radius 1 is 1.15 bits per heavy atom. The van der Waals surface area contributed by atoms with E-state index in [1.807, 2.05) is 0 Å². The molecule has 4 rings (SSSR count). The van der Waals surface area contributed by atoms with E-state index in [0.29, 0.717) is 17.8 Å². The van der Waals surface area contributed by atoms with Gasteiger partial charge >= 0.3 is 11.9 Å². The second-order valence-electron chi connectivity index (χ2n) is 12.7. The van der Waals surface area contributed by atoms with Crippen molar-refractivity contribution in [3.8, 4) is 0 Å². The molecule has 0 radical (unpaired) electrons. The molecule has 0 aliphatic heterocycles. The zero-order chi connectivity index (χ0) is 25.1. The van der Waals surface area contributed by atoms with Gasteiger partial charge < -0.3 is 14.9 Å². The minimum absolute atomic E-state index is 0.0159. The van der Waals surface area contributed by atoms with Crippen molar-refractivity contribution >= 4 is 11.9 Å². The van der Waals surface area contributed by atoms with Crippen LogP contribution in [0, 0.1) is 51.8 Å². The fourth-order valence-electron chi connectivity index (χ4n) is 10.3. The number of aliphatic hydroxyl groups excluding tert-OH is 1. The molecule has 0 aromatic carbocycles. The summed E-state index contributed by atoms with van der Waals surface area (Å²) in [5.74, 6) is 0.812. The first-order valence-corrected chi connectivity index (χ1v) is 13.7. The minimum Gasteiger partial charge on any atom is -0.481 e. The number of hydrogen-bond acceptors (Lipinski definition) is 4. The molecule has 0 aromatic heterocycles. The standard InChI is InChI=1S/C29H46O5/c1-7-20-26(33)25-22-10-9-21(17(3)15-24(31)32)27(22,5)13-12-23(25)28(6)14-11-19(34-18(4)30)16-29(20,28)8-2/h8,17,19-23,25-26,33H,2,7,9-16H2,1,3-6H3,(H,31,32)/t17-,19-,20+,21-,22?,23?,25+,26?,27-,28-,29+/m1/s1. The van der Waals surface area contributed by atoms with E-state index in [2.05, 4.69) is 40.3 Å². The lowest BCUT2D eigenvalue weighted by Crippen LogP contribution is -2.66. The van der Waals surface area contributed by atoms with Crippen molar-refractivity contribution in [2.24, 2.45) is 51.8 Å². The van der Waals surface area contributed by atoms with Crippen molar-refractivity contribution in [3.05, 3.63) is 12.7 Å². The number of carbonyl (C=O) groups excluding carboxylic acids is 1. The van der Waals surface area contributed by atoms with Crippen molar-refractivity contribution in [1.29, 1.82) is 0 Å². The third-order valence-electron chi connectivity index (χ3n) is 11.6. The summed E-state index contributed by atoms with van der Waals surface area (Å²) in [6.07, 6.45) is 9.68. The Kier molecular flexibility index (Phi) is 6.76. The van der Waals surface area contributed by atoms with Gasteiger partial charge in [0.05, 0.1) is 6.10 Å². The summed E-state index contributed by atoms with van der Waals surface area (Å²) in [6, 6.07) is 0. The van der Waals surface area contributed by atoms with Crippen LogP contribution in [0.4, 0.5) is 0 Å². The highest BCUT2D eigenvalue weighted by Crippen LogP contribution is 2.73. The Hall–Kier alpha value is -1.36. The fraction of sp³-hybridized carbons (Fsp3) is 0.862. The second kappa shape index (κ2) is 8.94. The maximum Gasteiger partial charge on any atom is 0.303 e. The lowest BCUT2D eigenvalue weighted by molar-refractivity contribution is -0.234. The van der Waals surface area contributed by atoms with Gasteiger partial charge in [-0.3, -0.25) is 9.59 Å². The van der Waals surface area contributed by atoms with Crippen molar-refractivity contribution in [2.75, 3.05) is 0 Å². The zero-order valence-electron chi connectivity index (χ0n) is 21.9. The normalized spacial score (nSPS) is 48.7. The molecule has 0 heterocycles. The van der Waals surface area contributed by atoms with E-state index in [-0.39, 0.29) is 52.5 Å². The molecular weight excluding hydrogens is 428 g/mol. The highest BCUT2D eigenvalue weighted by atomic mass is 16.5. The van der Waals surface area contributed by atoms with Crippen LogP contribution in [0.3, 0.4) is 0 Å². The Morgan fingerprint density at radius 3 is 2.44 bits per heavy atom. The minimum atomic E-state index is -0.704. The molecular formula is C29H46O5. The molecule has 0 spiro atoms. The van der Waals surface area contributed by atoms with Gasteiger partial charge in [0.1, 0.15) is 6.10 Å². The number of carbonyl (C=O) groups is 2. The van der Waals surface area contributed by atoms with Crippen LogP contribution in [-0.4, -0.2) is 34.4 Å². The highest BCUT2D eigenvalue weighted by Gasteiger charge is 2.69. The summed E-state index contributed by atoms with van der Waals surface area (Å²) in [5, 5.41) is 21.5. The first-order chi connectivity index (χ1) is 15.9. The van der Waals surface area contributed by atoms with Gasteiger partial charge in [0.15, 0.2) is 0 Å². The number of aliphatic hydroxyl groups is 1. The monoisotopic (exact) mass is 474 g/mol. The van der Waals surface area contributed by atoms with Crippen molar-refractivity contribution in [3.63, 3.8) is 0 Å². The third-order valence-corrected chi connectivity index (χ3v) is 11.6. The molecule has 11 atom stereocenters. The van der Waals surface area contributed by atoms with E-state index >= 15 is 0 Å². The molecule has 5 nitrogen and oxygen atoms in total. The van der Waals surface area contributed by atoms with E-state index in [4.69, 9.17) is 4.74 Å². The second-order valence-corrected chi connectivity index (χ2v) is 12.7. The molecule has 0 bridgehead atoms. The van der Waals surface area contributed by atoms with Crippen molar-refractivity contribution < 1.29 is 24.5 Å². The van der Waals surface area contributed by atoms with Crippen molar-refractivity contribution in [1.82, 2.24) is 0 Å². The summed E-state index contributed by atoms with van der Waals surface area (Å²) in [7, 11) is 0. The van der Waals surface area contributed by atoms with Gasteiger partial charge in [-0.25, -0.2) is 0 Å². The maximum absolute atomic E-state index is 12.1. The fourth-order valence-corrected chi connectivity index (χ4v) is 10.3. The number of esters is 1. The van der Waals surface area contributed by atoms with Crippen LogP contribution in [0.5, 0.6) is 0 Å².